The van der Waals surface area contributed by atoms with Gasteiger partial charge in [-0.3, -0.25) is 4.79 Å². The Bertz CT molecular complexity index is 617. The summed E-state index contributed by atoms with van der Waals surface area (Å²) in [5, 5.41) is 11.7. The number of ether oxygens (including phenoxy) is 3. The first-order chi connectivity index (χ1) is 10.2. The fourth-order valence-corrected chi connectivity index (χ4v) is 1.88. The monoisotopic (exact) mass is 288 g/mol. The Labute approximate surface area is 122 Å². The quantitative estimate of drug-likeness (QED) is 0.503. The molecule has 0 atom stereocenters. The van der Waals surface area contributed by atoms with E-state index in [0.717, 1.165) is 11.1 Å². The van der Waals surface area contributed by atoms with Crippen LogP contribution >= 0.6 is 0 Å². The second-order valence-electron chi connectivity index (χ2n) is 4.48. The molecule has 1 amide bonds. The molecule has 6 nitrogen and oxygen atoms in total. The topological polar surface area (TPSA) is 80.6 Å². The summed E-state index contributed by atoms with van der Waals surface area (Å²) >= 11 is 0. The maximum Gasteiger partial charge on any atom is 0.262 e. The van der Waals surface area contributed by atoms with Gasteiger partial charge in [0.25, 0.3) is 5.91 Å². The molecule has 0 bridgehead atoms. The molecular weight excluding hydrogens is 272 g/mol. The molecule has 2 rings (SSSR count). The van der Waals surface area contributed by atoms with Crippen LogP contribution in [0.25, 0.3) is 6.08 Å². The van der Waals surface area contributed by atoms with Gasteiger partial charge in [0.05, 0.1) is 6.61 Å². The minimum atomic E-state index is -0.424. The van der Waals surface area contributed by atoms with Crippen LogP contribution in [0, 0.1) is 18.3 Å². The van der Waals surface area contributed by atoms with E-state index in [9.17, 15) is 4.79 Å². The SMILES string of the molecule is COCCNC(=O)/C(C#N)=C/c1cc2c(cc1C)OCO2. The number of aryl methyl sites for hydroxylation is 1. The van der Waals surface area contributed by atoms with Crippen LogP contribution in [0.5, 0.6) is 11.5 Å². The molecule has 0 unspecified atom stereocenters. The number of amides is 1. The molecule has 0 aromatic heterocycles. The van der Waals surface area contributed by atoms with Gasteiger partial charge in [-0.25, -0.2) is 0 Å². The smallest absolute Gasteiger partial charge is 0.262 e. The molecule has 1 aromatic carbocycles. The fraction of sp³-hybridized carbons (Fsp3) is 0.333. The second kappa shape index (κ2) is 6.77. The van der Waals surface area contributed by atoms with Crippen molar-refractivity contribution in [3.8, 4) is 17.6 Å². The maximum atomic E-state index is 11.9. The number of methoxy groups -OCH3 is 1. The molecule has 0 saturated carbocycles. The van der Waals surface area contributed by atoms with Crippen LogP contribution in [0.1, 0.15) is 11.1 Å². The van der Waals surface area contributed by atoms with Crippen LogP contribution in [-0.4, -0.2) is 33.0 Å². The molecule has 0 saturated heterocycles. The zero-order valence-corrected chi connectivity index (χ0v) is 11.9. The lowest BCUT2D eigenvalue weighted by molar-refractivity contribution is -0.117. The van der Waals surface area contributed by atoms with Crippen LogP contribution in [-0.2, 0) is 9.53 Å². The molecule has 1 heterocycles. The van der Waals surface area contributed by atoms with Crippen molar-refractivity contribution < 1.29 is 19.0 Å². The minimum absolute atomic E-state index is 0.0352. The standard InChI is InChI=1S/C15H16N2O4/c1-10-5-13-14(21-9-20-13)7-11(10)6-12(8-16)15(18)17-3-4-19-2/h5-7H,3-4,9H2,1-2H3,(H,17,18)/b12-6+. The lowest BCUT2D eigenvalue weighted by atomic mass is 10.0. The molecule has 110 valence electrons. The van der Waals surface area contributed by atoms with E-state index < -0.39 is 5.91 Å². The normalized spacial score (nSPS) is 12.9. The number of nitriles is 1. The predicted molar refractivity (Wildman–Crippen MR) is 75.8 cm³/mol. The predicted octanol–water partition coefficient (Wildman–Crippen LogP) is 1.39. The molecule has 0 radical (unpaired) electrons. The molecule has 1 aromatic rings. The summed E-state index contributed by atoms with van der Waals surface area (Å²) in [4.78, 5) is 11.9. The number of rotatable bonds is 5. The highest BCUT2D eigenvalue weighted by Crippen LogP contribution is 2.35. The van der Waals surface area contributed by atoms with Gasteiger partial charge in [0, 0.05) is 13.7 Å². The van der Waals surface area contributed by atoms with E-state index in [4.69, 9.17) is 19.5 Å². The summed E-state index contributed by atoms with van der Waals surface area (Å²) in [5.41, 5.74) is 1.68. The van der Waals surface area contributed by atoms with Crippen molar-refractivity contribution >= 4 is 12.0 Å². The Hall–Kier alpha value is -2.52. The average molecular weight is 288 g/mol. The highest BCUT2D eigenvalue weighted by Gasteiger charge is 2.16. The molecule has 6 heteroatoms. The van der Waals surface area contributed by atoms with Crippen molar-refractivity contribution in [1.82, 2.24) is 5.32 Å². The zero-order valence-electron chi connectivity index (χ0n) is 11.9. The van der Waals surface area contributed by atoms with E-state index in [-0.39, 0.29) is 12.4 Å². The first-order valence-electron chi connectivity index (χ1n) is 6.45. The Morgan fingerprint density at radius 2 is 2.19 bits per heavy atom. The van der Waals surface area contributed by atoms with Crippen molar-refractivity contribution in [2.75, 3.05) is 27.1 Å². The minimum Gasteiger partial charge on any atom is -0.454 e. The summed E-state index contributed by atoms with van der Waals surface area (Å²) < 4.78 is 15.4. The van der Waals surface area contributed by atoms with Gasteiger partial charge in [-0.1, -0.05) is 0 Å². The van der Waals surface area contributed by atoms with Crippen molar-refractivity contribution in [2.24, 2.45) is 0 Å². The van der Waals surface area contributed by atoms with Gasteiger partial charge in [-0.05, 0) is 36.3 Å². The molecule has 0 aliphatic carbocycles. The third-order valence-corrected chi connectivity index (χ3v) is 3.02. The molecule has 21 heavy (non-hydrogen) atoms. The van der Waals surface area contributed by atoms with Crippen LogP contribution in [0.3, 0.4) is 0 Å². The summed E-state index contributed by atoms with van der Waals surface area (Å²) in [6.45, 7) is 2.82. The summed E-state index contributed by atoms with van der Waals surface area (Å²) in [7, 11) is 1.54. The second-order valence-corrected chi connectivity index (χ2v) is 4.48. The molecular formula is C15H16N2O4. The van der Waals surface area contributed by atoms with Crippen LogP contribution in [0.15, 0.2) is 17.7 Å². The molecule has 1 aliphatic rings. The Morgan fingerprint density at radius 1 is 1.48 bits per heavy atom. The van der Waals surface area contributed by atoms with E-state index in [1.165, 1.54) is 0 Å². The fourth-order valence-electron chi connectivity index (χ4n) is 1.88. The highest BCUT2D eigenvalue weighted by molar-refractivity contribution is 6.01. The van der Waals surface area contributed by atoms with Crippen molar-refractivity contribution in [1.29, 1.82) is 5.26 Å². The van der Waals surface area contributed by atoms with Gasteiger partial charge >= 0.3 is 0 Å². The van der Waals surface area contributed by atoms with Crippen LogP contribution < -0.4 is 14.8 Å². The lowest BCUT2D eigenvalue weighted by Gasteiger charge is -2.06. The van der Waals surface area contributed by atoms with Crippen molar-refractivity contribution in [3.63, 3.8) is 0 Å². The van der Waals surface area contributed by atoms with E-state index in [2.05, 4.69) is 5.32 Å². The molecule has 1 aliphatic heterocycles. The number of carbonyl (C=O) groups is 1. The van der Waals surface area contributed by atoms with Gasteiger partial charge in [0.1, 0.15) is 11.6 Å². The summed E-state index contributed by atoms with van der Waals surface area (Å²) in [5.74, 6) is 0.864. The van der Waals surface area contributed by atoms with E-state index >= 15 is 0 Å². The number of benzene rings is 1. The van der Waals surface area contributed by atoms with Gasteiger partial charge in [0.2, 0.25) is 6.79 Å². The summed E-state index contributed by atoms with van der Waals surface area (Å²) in [6.07, 6.45) is 1.54. The van der Waals surface area contributed by atoms with Gasteiger partial charge in [0.15, 0.2) is 11.5 Å². The van der Waals surface area contributed by atoms with Crippen LogP contribution in [0.4, 0.5) is 0 Å². The zero-order chi connectivity index (χ0) is 15.2. The van der Waals surface area contributed by atoms with Crippen molar-refractivity contribution in [2.45, 2.75) is 6.92 Å². The first-order valence-corrected chi connectivity index (χ1v) is 6.45. The Morgan fingerprint density at radius 3 is 2.86 bits per heavy atom. The number of nitrogens with zero attached hydrogens (tertiary/aromatic N) is 1. The lowest BCUT2D eigenvalue weighted by Crippen LogP contribution is -2.27. The van der Waals surface area contributed by atoms with Gasteiger partial charge in [-0.15, -0.1) is 0 Å². The largest absolute Gasteiger partial charge is 0.454 e. The van der Waals surface area contributed by atoms with Crippen molar-refractivity contribution in [3.05, 3.63) is 28.8 Å². The molecule has 1 N–H and O–H groups in total. The number of hydrogen-bond donors (Lipinski definition) is 1. The Kier molecular flexibility index (Phi) is 4.80. The maximum absolute atomic E-state index is 11.9. The third-order valence-electron chi connectivity index (χ3n) is 3.02. The van der Waals surface area contributed by atoms with Gasteiger partial charge < -0.3 is 19.5 Å². The average Bonchev–Trinajstić information content (AvgIpc) is 2.91. The van der Waals surface area contributed by atoms with Crippen LogP contribution in [0.2, 0.25) is 0 Å². The number of fused-ring (bicyclic) bond motifs is 1. The first kappa shape index (κ1) is 14.9. The molecule has 0 spiro atoms. The van der Waals surface area contributed by atoms with E-state index in [0.29, 0.717) is 24.7 Å². The highest BCUT2D eigenvalue weighted by atomic mass is 16.7. The number of hydrogen-bond acceptors (Lipinski definition) is 5. The van der Waals surface area contributed by atoms with E-state index in [1.807, 2.05) is 19.1 Å². The Balaban J connectivity index is 2.20. The summed E-state index contributed by atoms with van der Waals surface area (Å²) in [6, 6.07) is 5.50. The molecule has 0 fully saturated rings. The number of nitrogens with one attached hydrogen (secondary N) is 1. The van der Waals surface area contributed by atoms with E-state index in [1.54, 1.807) is 19.3 Å². The third kappa shape index (κ3) is 3.52. The number of carbonyl (C=O) groups excluding carboxylic acids is 1. The van der Waals surface area contributed by atoms with Gasteiger partial charge in [-0.2, -0.15) is 5.26 Å².